The summed E-state index contributed by atoms with van der Waals surface area (Å²) in [6.07, 6.45) is 11.6. The summed E-state index contributed by atoms with van der Waals surface area (Å²) in [7, 11) is 2.02. The molecular formula is C29H45N3O2. The Balaban J connectivity index is 1.22. The molecule has 5 fully saturated rings. The number of hydrogen-bond donors (Lipinski definition) is 2. The lowest BCUT2D eigenvalue weighted by atomic mass is 9.72. The molecule has 4 aliphatic carbocycles. The second-order valence-corrected chi connectivity index (χ2v) is 11.9. The molecule has 1 aromatic carbocycles. The van der Waals surface area contributed by atoms with Crippen molar-refractivity contribution in [2.75, 3.05) is 33.3 Å². The van der Waals surface area contributed by atoms with Crippen LogP contribution in [0.2, 0.25) is 0 Å². The van der Waals surface area contributed by atoms with Gasteiger partial charge < -0.3 is 20.3 Å². The third kappa shape index (κ3) is 5.02. The summed E-state index contributed by atoms with van der Waals surface area (Å²) in [6, 6.07) is 10.9. The monoisotopic (exact) mass is 467 g/mol. The van der Waals surface area contributed by atoms with Crippen LogP contribution in [0.4, 0.5) is 4.79 Å². The van der Waals surface area contributed by atoms with Gasteiger partial charge in [-0.3, -0.25) is 0 Å². The summed E-state index contributed by atoms with van der Waals surface area (Å²) in [4.78, 5) is 15.6. The summed E-state index contributed by atoms with van der Waals surface area (Å²) in [5, 5.41) is 6.85. The van der Waals surface area contributed by atoms with E-state index < -0.39 is 0 Å². The topological polar surface area (TPSA) is 53.6 Å². The van der Waals surface area contributed by atoms with Crippen LogP contribution in [-0.4, -0.2) is 50.3 Å². The predicted octanol–water partition coefficient (Wildman–Crippen LogP) is 5.38. The summed E-state index contributed by atoms with van der Waals surface area (Å²) >= 11 is 0. The van der Waals surface area contributed by atoms with Gasteiger partial charge in [-0.2, -0.15) is 0 Å². The van der Waals surface area contributed by atoms with Crippen molar-refractivity contribution >= 4 is 6.03 Å². The molecule has 34 heavy (non-hydrogen) atoms. The van der Waals surface area contributed by atoms with E-state index in [1.807, 2.05) is 7.05 Å². The number of carbonyl (C=O) groups is 1. The van der Waals surface area contributed by atoms with Gasteiger partial charge in [0.1, 0.15) is 0 Å². The maximum Gasteiger partial charge on any atom is 0.317 e. The smallest absolute Gasteiger partial charge is 0.317 e. The van der Waals surface area contributed by atoms with Gasteiger partial charge in [-0.15, -0.1) is 0 Å². The number of rotatable bonds is 10. The zero-order valence-corrected chi connectivity index (χ0v) is 21.3. The average molecular weight is 468 g/mol. The molecule has 5 aliphatic rings. The Morgan fingerprint density at radius 2 is 1.94 bits per heavy atom. The van der Waals surface area contributed by atoms with Crippen molar-refractivity contribution in [1.82, 2.24) is 15.5 Å². The van der Waals surface area contributed by atoms with Crippen LogP contribution in [0.15, 0.2) is 30.3 Å². The molecule has 5 nitrogen and oxygen atoms in total. The lowest BCUT2D eigenvalue weighted by Crippen LogP contribution is -2.52. The molecule has 1 aromatic rings. The molecule has 188 valence electrons. The Hall–Kier alpha value is -1.59. The molecule has 2 unspecified atom stereocenters. The second-order valence-electron chi connectivity index (χ2n) is 11.9. The highest BCUT2D eigenvalue weighted by molar-refractivity contribution is 5.74. The van der Waals surface area contributed by atoms with E-state index in [2.05, 4.69) is 52.8 Å². The first kappa shape index (κ1) is 24.1. The fourth-order valence-electron chi connectivity index (χ4n) is 8.31. The molecule has 5 heteroatoms. The highest BCUT2D eigenvalue weighted by Gasteiger charge is 2.57. The molecule has 2 amide bonds. The second kappa shape index (κ2) is 10.6. The standard InChI is InChI=1S/C29H45N3O2/c1-3-12-34-27(23-8-5-4-6-9-23)24-10-7-11-32(20-24)28(33)31-26(19-30-2)18-29-16-21-13-22(17-29)15-25(29)14-21/h4-6,8-9,21-22,24-27,30H,3,7,10-20H2,1-2H3,(H,31,33)/t21?,22?,24-,25?,26+,27+,29?/m1/s1. The van der Waals surface area contributed by atoms with Crippen LogP contribution < -0.4 is 10.6 Å². The number of piperidine rings is 1. The molecule has 0 spiro atoms. The SMILES string of the molecule is CCCO[C@@H](c1ccccc1)[C@@H]1CCCN(C(=O)N[C@H](CNC)CC23CC4CC(CC2C4)C3)C1. The first-order valence-corrected chi connectivity index (χ1v) is 14.0. The highest BCUT2D eigenvalue weighted by atomic mass is 16.5. The van der Waals surface area contributed by atoms with Crippen molar-refractivity contribution in [1.29, 1.82) is 0 Å². The normalized spacial score (nSPS) is 33.8. The number of likely N-dealkylation sites (tertiary alicyclic amines) is 1. The van der Waals surface area contributed by atoms with Crippen molar-refractivity contribution in [3.8, 4) is 0 Å². The van der Waals surface area contributed by atoms with Gasteiger partial charge in [0.05, 0.1) is 6.10 Å². The number of benzene rings is 1. The maximum absolute atomic E-state index is 13.5. The fraction of sp³-hybridized carbons (Fsp3) is 0.759. The molecule has 5 atom stereocenters. The number of urea groups is 1. The molecular weight excluding hydrogens is 422 g/mol. The largest absolute Gasteiger partial charge is 0.373 e. The molecule has 1 aliphatic heterocycles. The minimum absolute atomic E-state index is 0.0632. The molecule has 0 radical (unpaired) electrons. The highest BCUT2D eigenvalue weighted by Crippen LogP contribution is 2.67. The lowest BCUT2D eigenvalue weighted by Gasteiger charge is -2.39. The quantitative estimate of drug-likeness (QED) is 0.486. The first-order valence-electron chi connectivity index (χ1n) is 14.0. The molecule has 4 saturated carbocycles. The van der Waals surface area contributed by atoms with E-state index in [-0.39, 0.29) is 18.2 Å². The van der Waals surface area contributed by atoms with Crippen molar-refractivity contribution in [3.05, 3.63) is 35.9 Å². The zero-order chi connectivity index (χ0) is 23.5. The maximum atomic E-state index is 13.5. The summed E-state index contributed by atoms with van der Waals surface area (Å²) in [6.45, 7) is 5.41. The number of nitrogens with zero attached hydrogens (tertiary/aromatic N) is 1. The van der Waals surface area contributed by atoms with Gasteiger partial charge in [0, 0.05) is 38.2 Å². The van der Waals surface area contributed by atoms with Gasteiger partial charge >= 0.3 is 6.03 Å². The van der Waals surface area contributed by atoms with Gasteiger partial charge in [-0.1, -0.05) is 37.3 Å². The Labute approximate surface area is 206 Å². The summed E-state index contributed by atoms with van der Waals surface area (Å²) in [5.41, 5.74) is 1.74. The summed E-state index contributed by atoms with van der Waals surface area (Å²) < 4.78 is 6.35. The van der Waals surface area contributed by atoms with Gasteiger partial charge in [0.2, 0.25) is 0 Å². The van der Waals surface area contributed by atoms with Crippen LogP contribution in [0.1, 0.15) is 76.4 Å². The molecule has 2 N–H and O–H groups in total. The summed E-state index contributed by atoms with van der Waals surface area (Å²) in [5.74, 6) is 3.18. The average Bonchev–Trinajstić information content (AvgIpc) is 3.23. The third-order valence-corrected chi connectivity index (χ3v) is 9.39. The third-order valence-electron chi connectivity index (χ3n) is 9.39. The van der Waals surface area contributed by atoms with E-state index >= 15 is 0 Å². The van der Waals surface area contributed by atoms with E-state index in [0.29, 0.717) is 11.3 Å². The fourth-order valence-corrected chi connectivity index (χ4v) is 8.31. The van der Waals surface area contributed by atoms with E-state index in [4.69, 9.17) is 4.74 Å². The van der Waals surface area contributed by atoms with Crippen LogP contribution in [0, 0.1) is 29.1 Å². The molecule has 0 aromatic heterocycles. The number of nitrogens with one attached hydrogen (secondary N) is 2. The van der Waals surface area contributed by atoms with E-state index in [1.54, 1.807) is 0 Å². The zero-order valence-electron chi connectivity index (χ0n) is 21.3. The van der Waals surface area contributed by atoms with Crippen molar-refractivity contribution in [3.63, 3.8) is 0 Å². The van der Waals surface area contributed by atoms with E-state index in [9.17, 15) is 4.79 Å². The Bertz CT molecular complexity index is 801. The minimum Gasteiger partial charge on any atom is -0.373 e. The molecule has 4 bridgehead atoms. The van der Waals surface area contributed by atoms with Crippen LogP contribution in [0.3, 0.4) is 0 Å². The van der Waals surface area contributed by atoms with Gasteiger partial charge in [0.15, 0.2) is 0 Å². The van der Waals surface area contributed by atoms with Crippen LogP contribution >= 0.6 is 0 Å². The number of carbonyl (C=O) groups excluding carboxylic acids is 1. The van der Waals surface area contributed by atoms with E-state index in [1.165, 1.54) is 37.7 Å². The molecule has 6 rings (SSSR count). The Kier molecular flexibility index (Phi) is 7.50. The van der Waals surface area contributed by atoms with Crippen molar-refractivity contribution < 1.29 is 9.53 Å². The number of hydrogen-bond acceptors (Lipinski definition) is 3. The van der Waals surface area contributed by atoms with Crippen LogP contribution in [0.5, 0.6) is 0 Å². The first-order chi connectivity index (χ1) is 16.6. The van der Waals surface area contributed by atoms with Crippen molar-refractivity contribution in [2.45, 2.75) is 76.9 Å². The lowest BCUT2D eigenvalue weighted by molar-refractivity contribution is -0.0101. The van der Waals surface area contributed by atoms with Gasteiger partial charge in [-0.25, -0.2) is 4.79 Å². The van der Waals surface area contributed by atoms with Gasteiger partial charge in [-0.05, 0) is 93.6 Å². The number of ether oxygens (including phenoxy) is 1. The number of likely N-dealkylation sites (N-methyl/N-ethyl adjacent to an activating group) is 1. The molecule has 1 saturated heterocycles. The number of amides is 2. The van der Waals surface area contributed by atoms with Crippen LogP contribution in [0.25, 0.3) is 0 Å². The minimum atomic E-state index is 0.0632. The van der Waals surface area contributed by atoms with Gasteiger partial charge in [0.25, 0.3) is 0 Å². The molecule has 1 heterocycles. The van der Waals surface area contributed by atoms with Crippen molar-refractivity contribution in [2.24, 2.45) is 29.1 Å². The van der Waals surface area contributed by atoms with E-state index in [0.717, 1.165) is 69.7 Å². The Morgan fingerprint density at radius 1 is 1.18 bits per heavy atom. The predicted molar refractivity (Wildman–Crippen MR) is 137 cm³/mol. The van der Waals surface area contributed by atoms with Crippen LogP contribution in [-0.2, 0) is 4.74 Å². The Morgan fingerprint density at radius 3 is 2.65 bits per heavy atom.